The van der Waals surface area contributed by atoms with Crippen LogP contribution in [0.2, 0.25) is 0 Å². The van der Waals surface area contributed by atoms with Crippen LogP contribution in [0.25, 0.3) is 0 Å². The third-order valence-electron chi connectivity index (χ3n) is 4.86. The number of ether oxygens (including phenoxy) is 1. The third kappa shape index (κ3) is 1.42. The van der Waals surface area contributed by atoms with Crippen LogP contribution >= 0.6 is 0 Å². The van der Waals surface area contributed by atoms with Crippen molar-refractivity contribution in [3.63, 3.8) is 0 Å². The van der Waals surface area contributed by atoms with Crippen LogP contribution in [0.5, 0.6) is 0 Å². The first kappa shape index (κ1) is 10.4. The fraction of sp³-hybridized carbons (Fsp3) is 0.786. The molecule has 2 heteroatoms. The molecule has 0 N–H and O–H groups in total. The SMILES string of the molecule is CC(=O)OC1CCCCC12CC1C=CC2C1. The Labute approximate surface area is 97.1 Å². The minimum atomic E-state index is -0.0990. The predicted molar refractivity (Wildman–Crippen MR) is 61.8 cm³/mol. The molecule has 16 heavy (non-hydrogen) atoms. The van der Waals surface area contributed by atoms with Crippen LogP contribution in [0.3, 0.4) is 0 Å². The second kappa shape index (κ2) is 3.61. The molecule has 3 rings (SSSR count). The molecule has 0 saturated heterocycles. The highest BCUT2D eigenvalue weighted by Gasteiger charge is 2.54. The van der Waals surface area contributed by atoms with Crippen molar-refractivity contribution in [1.82, 2.24) is 0 Å². The maximum absolute atomic E-state index is 11.2. The van der Waals surface area contributed by atoms with Gasteiger partial charge in [0.15, 0.2) is 0 Å². The van der Waals surface area contributed by atoms with Gasteiger partial charge >= 0.3 is 5.97 Å². The van der Waals surface area contributed by atoms with E-state index in [1.165, 1.54) is 32.1 Å². The Morgan fingerprint density at radius 1 is 1.38 bits per heavy atom. The Hall–Kier alpha value is -0.790. The van der Waals surface area contributed by atoms with Crippen LogP contribution in [0, 0.1) is 17.3 Å². The van der Waals surface area contributed by atoms with Gasteiger partial charge in [0.2, 0.25) is 0 Å². The summed E-state index contributed by atoms with van der Waals surface area (Å²) in [4.78, 5) is 11.2. The number of allylic oxidation sites excluding steroid dienone is 2. The van der Waals surface area contributed by atoms with E-state index in [1.807, 2.05) is 0 Å². The van der Waals surface area contributed by atoms with Gasteiger partial charge in [0.05, 0.1) is 0 Å². The lowest BCUT2D eigenvalue weighted by atomic mass is 9.64. The number of carbonyl (C=O) groups excluding carboxylic acids is 1. The molecule has 0 aromatic carbocycles. The largest absolute Gasteiger partial charge is 0.462 e. The third-order valence-corrected chi connectivity index (χ3v) is 4.86. The van der Waals surface area contributed by atoms with E-state index in [4.69, 9.17) is 4.74 Å². The number of esters is 1. The summed E-state index contributed by atoms with van der Waals surface area (Å²) in [5, 5.41) is 0. The zero-order valence-corrected chi connectivity index (χ0v) is 9.95. The number of carbonyl (C=O) groups is 1. The van der Waals surface area contributed by atoms with E-state index in [-0.39, 0.29) is 12.1 Å². The molecule has 2 fully saturated rings. The van der Waals surface area contributed by atoms with Crippen molar-refractivity contribution in [1.29, 1.82) is 0 Å². The standard InChI is InChI=1S/C14H20O2/c1-10(15)16-13-4-2-3-7-14(13)9-11-5-6-12(14)8-11/h5-6,11-13H,2-4,7-9H2,1H3. The Kier molecular flexibility index (Phi) is 2.34. The van der Waals surface area contributed by atoms with Crippen LogP contribution in [-0.2, 0) is 9.53 Å². The van der Waals surface area contributed by atoms with E-state index in [1.54, 1.807) is 6.92 Å². The fourth-order valence-electron chi connectivity index (χ4n) is 4.26. The first-order chi connectivity index (χ1) is 7.71. The van der Waals surface area contributed by atoms with E-state index < -0.39 is 0 Å². The maximum Gasteiger partial charge on any atom is 0.302 e. The number of hydrogen-bond acceptors (Lipinski definition) is 2. The lowest BCUT2D eigenvalue weighted by Gasteiger charge is -2.45. The smallest absolute Gasteiger partial charge is 0.302 e. The monoisotopic (exact) mass is 220 g/mol. The van der Waals surface area contributed by atoms with Gasteiger partial charge in [-0.15, -0.1) is 0 Å². The molecule has 0 aromatic rings. The molecule has 0 aromatic heterocycles. The van der Waals surface area contributed by atoms with Gasteiger partial charge < -0.3 is 4.74 Å². The average Bonchev–Trinajstić information content (AvgIpc) is 2.81. The summed E-state index contributed by atoms with van der Waals surface area (Å²) in [6, 6.07) is 0. The summed E-state index contributed by atoms with van der Waals surface area (Å²) >= 11 is 0. The molecule has 0 heterocycles. The summed E-state index contributed by atoms with van der Waals surface area (Å²) in [5.74, 6) is 1.35. The van der Waals surface area contributed by atoms with E-state index in [9.17, 15) is 4.79 Å². The predicted octanol–water partition coefficient (Wildman–Crippen LogP) is 3.07. The van der Waals surface area contributed by atoms with E-state index in [0.29, 0.717) is 11.3 Å². The van der Waals surface area contributed by atoms with Gasteiger partial charge in [0.1, 0.15) is 6.10 Å². The van der Waals surface area contributed by atoms with Crippen molar-refractivity contribution in [2.45, 2.75) is 51.6 Å². The van der Waals surface area contributed by atoms with Gasteiger partial charge in [-0.1, -0.05) is 18.6 Å². The van der Waals surface area contributed by atoms with Gasteiger partial charge in [0, 0.05) is 12.3 Å². The highest BCUT2D eigenvalue weighted by atomic mass is 16.5. The van der Waals surface area contributed by atoms with Gasteiger partial charge in [-0.3, -0.25) is 4.79 Å². The molecular weight excluding hydrogens is 200 g/mol. The summed E-state index contributed by atoms with van der Waals surface area (Å²) in [5.41, 5.74) is 0.309. The van der Waals surface area contributed by atoms with Crippen molar-refractivity contribution in [2.75, 3.05) is 0 Å². The van der Waals surface area contributed by atoms with Crippen LogP contribution in [0.1, 0.15) is 45.4 Å². The van der Waals surface area contributed by atoms with Crippen LogP contribution in [-0.4, -0.2) is 12.1 Å². The van der Waals surface area contributed by atoms with Crippen LogP contribution in [0.15, 0.2) is 12.2 Å². The van der Waals surface area contributed by atoms with E-state index in [0.717, 1.165) is 12.3 Å². The Balaban J connectivity index is 1.85. The highest BCUT2D eigenvalue weighted by molar-refractivity contribution is 5.66. The molecule has 4 atom stereocenters. The summed E-state index contributed by atoms with van der Waals surface area (Å²) in [6.45, 7) is 1.55. The maximum atomic E-state index is 11.2. The van der Waals surface area contributed by atoms with Crippen molar-refractivity contribution >= 4 is 5.97 Å². The molecule has 2 bridgehead atoms. The molecule has 0 amide bonds. The molecule has 88 valence electrons. The molecule has 3 aliphatic rings. The summed E-state index contributed by atoms with van der Waals surface area (Å²) in [6.07, 6.45) is 12.4. The molecular formula is C14H20O2. The van der Waals surface area contributed by atoms with Crippen LogP contribution < -0.4 is 0 Å². The normalized spacial score (nSPS) is 45.2. The van der Waals surface area contributed by atoms with Gasteiger partial charge in [0.25, 0.3) is 0 Å². The quantitative estimate of drug-likeness (QED) is 0.501. The first-order valence-electron chi connectivity index (χ1n) is 6.56. The van der Waals surface area contributed by atoms with E-state index in [2.05, 4.69) is 12.2 Å². The molecule has 0 radical (unpaired) electrons. The number of rotatable bonds is 1. The lowest BCUT2D eigenvalue weighted by molar-refractivity contribution is -0.159. The lowest BCUT2D eigenvalue weighted by Crippen LogP contribution is -2.43. The Morgan fingerprint density at radius 2 is 2.25 bits per heavy atom. The van der Waals surface area contributed by atoms with Crippen molar-refractivity contribution < 1.29 is 9.53 Å². The van der Waals surface area contributed by atoms with Gasteiger partial charge in [-0.2, -0.15) is 0 Å². The second-order valence-corrected chi connectivity index (χ2v) is 5.77. The summed E-state index contributed by atoms with van der Waals surface area (Å²) < 4.78 is 5.61. The number of hydrogen-bond donors (Lipinski definition) is 0. The van der Waals surface area contributed by atoms with Crippen molar-refractivity contribution in [2.24, 2.45) is 17.3 Å². The fourth-order valence-corrected chi connectivity index (χ4v) is 4.26. The Morgan fingerprint density at radius 3 is 2.88 bits per heavy atom. The summed E-state index contributed by atoms with van der Waals surface area (Å²) in [7, 11) is 0. The zero-order chi connectivity index (χ0) is 11.2. The first-order valence-corrected chi connectivity index (χ1v) is 6.56. The molecule has 2 nitrogen and oxygen atoms in total. The molecule has 1 spiro atoms. The highest BCUT2D eigenvalue weighted by Crippen LogP contribution is 2.59. The topological polar surface area (TPSA) is 26.3 Å². The zero-order valence-electron chi connectivity index (χ0n) is 9.95. The molecule has 4 unspecified atom stereocenters. The average molecular weight is 220 g/mol. The van der Waals surface area contributed by atoms with Gasteiger partial charge in [-0.05, 0) is 43.9 Å². The molecule has 0 aliphatic heterocycles. The van der Waals surface area contributed by atoms with Crippen LogP contribution in [0.4, 0.5) is 0 Å². The molecule has 2 saturated carbocycles. The Bertz CT molecular complexity index is 334. The number of fused-ring (bicyclic) bond motifs is 3. The minimum Gasteiger partial charge on any atom is -0.462 e. The van der Waals surface area contributed by atoms with Crippen molar-refractivity contribution in [3.8, 4) is 0 Å². The van der Waals surface area contributed by atoms with Gasteiger partial charge in [-0.25, -0.2) is 0 Å². The van der Waals surface area contributed by atoms with E-state index >= 15 is 0 Å². The second-order valence-electron chi connectivity index (χ2n) is 5.77. The van der Waals surface area contributed by atoms with Crippen molar-refractivity contribution in [3.05, 3.63) is 12.2 Å². The minimum absolute atomic E-state index is 0.0990. The molecule has 3 aliphatic carbocycles.